The number of methoxy groups -OCH3 is 1. The maximum absolute atomic E-state index is 13.0. The molecule has 2 unspecified atom stereocenters. The molecule has 2 atom stereocenters. The quantitative estimate of drug-likeness (QED) is 0.566. The van der Waals surface area contributed by atoms with Gasteiger partial charge in [0.1, 0.15) is 5.75 Å². The number of sulfonamides is 1. The van der Waals surface area contributed by atoms with Gasteiger partial charge in [0.05, 0.1) is 23.4 Å². The molecule has 3 aromatic rings. The van der Waals surface area contributed by atoms with Gasteiger partial charge in [0.2, 0.25) is 0 Å². The Morgan fingerprint density at radius 3 is 2.43 bits per heavy atom. The number of rotatable bonds is 5. The van der Waals surface area contributed by atoms with Crippen LogP contribution in [0.1, 0.15) is 18.0 Å². The van der Waals surface area contributed by atoms with E-state index < -0.39 is 10.0 Å². The van der Waals surface area contributed by atoms with Crippen LogP contribution in [0.15, 0.2) is 76.4 Å². The first-order chi connectivity index (χ1) is 16.8. The Morgan fingerprint density at radius 1 is 0.971 bits per heavy atom. The number of hydrogen-bond donors (Lipinski definition) is 2. The monoisotopic (exact) mass is 494 g/mol. The van der Waals surface area contributed by atoms with Crippen molar-refractivity contribution >= 4 is 27.4 Å². The highest BCUT2D eigenvalue weighted by Crippen LogP contribution is 2.39. The Bertz CT molecular complexity index is 1400. The van der Waals surface area contributed by atoms with Crippen LogP contribution >= 0.6 is 0 Å². The second-order valence-electron chi connectivity index (χ2n) is 8.86. The fourth-order valence-corrected chi connectivity index (χ4v) is 6.04. The van der Waals surface area contributed by atoms with Gasteiger partial charge in [-0.2, -0.15) is 0 Å². The average Bonchev–Trinajstić information content (AvgIpc) is 2.86. The molecule has 2 bridgehead atoms. The lowest BCUT2D eigenvalue weighted by molar-refractivity contribution is 0.140. The summed E-state index contributed by atoms with van der Waals surface area (Å²) < 4.78 is 35.5. The Kier molecular flexibility index (Phi) is 5.98. The van der Waals surface area contributed by atoms with E-state index in [1.807, 2.05) is 0 Å². The van der Waals surface area contributed by atoms with Crippen molar-refractivity contribution in [2.24, 2.45) is 5.92 Å². The summed E-state index contributed by atoms with van der Waals surface area (Å²) in [6.45, 7) is 1.32. The lowest BCUT2D eigenvalue weighted by Gasteiger charge is -2.43. The van der Waals surface area contributed by atoms with E-state index in [1.54, 1.807) is 59.0 Å². The minimum Gasteiger partial charge on any atom is -0.497 e. The van der Waals surface area contributed by atoms with Gasteiger partial charge >= 0.3 is 6.03 Å². The van der Waals surface area contributed by atoms with Crippen LogP contribution in [0.5, 0.6) is 5.75 Å². The number of aromatic nitrogens is 1. The van der Waals surface area contributed by atoms with Gasteiger partial charge in [-0.1, -0.05) is 18.2 Å². The van der Waals surface area contributed by atoms with Gasteiger partial charge in [0.15, 0.2) is 0 Å². The highest BCUT2D eigenvalue weighted by Gasteiger charge is 2.38. The van der Waals surface area contributed by atoms with Gasteiger partial charge in [-0.05, 0) is 54.8 Å². The minimum absolute atomic E-state index is 0.0987. The third kappa shape index (κ3) is 4.61. The van der Waals surface area contributed by atoms with Crippen LogP contribution in [0, 0.1) is 5.92 Å². The number of pyridine rings is 1. The van der Waals surface area contributed by atoms with Crippen LogP contribution in [0.3, 0.4) is 0 Å². The number of urea groups is 1. The molecule has 1 saturated heterocycles. The van der Waals surface area contributed by atoms with Crippen LogP contribution in [0.25, 0.3) is 0 Å². The molecule has 2 aliphatic rings. The van der Waals surface area contributed by atoms with Crippen molar-refractivity contribution < 1.29 is 17.9 Å². The molecular weight excluding hydrogens is 468 g/mol. The number of anilines is 2. The summed E-state index contributed by atoms with van der Waals surface area (Å²) in [4.78, 5) is 27.6. The summed E-state index contributed by atoms with van der Waals surface area (Å²) in [5.41, 5.74) is 1.47. The van der Waals surface area contributed by atoms with Crippen molar-refractivity contribution in [2.75, 3.05) is 30.2 Å². The summed E-state index contributed by atoms with van der Waals surface area (Å²) in [5, 5.41) is 2.91. The number of ether oxygens (including phenoxy) is 1. The molecule has 9 nitrogen and oxygen atoms in total. The molecule has 0 saturated carbocycles. The molecule has 2 aromatic carbocycles. The number of carbonyl (C=O) groups is 1. The van der Waals surface area contributed by atoms with E-state index in [4.69, 9.17) is 4.74 Å². The minimum atomic E-state index is -3.83. The number of hydrogen-bond acceptors (Lipinski definition) is 5. The highest BCUT2D eigenvalue weighted by atomic mass is 32.2. The summed E-state index contributed by atoms with van der Waals surface area (Å²) in [6.07, 6.45) is 0.774. The third-order valence-electron chi connectivity index (χ3n) is 6.52. The molecule has 182 valence electrons. The molecule has 2 N–H and O–H groups in total. The summed E-state index contributed by atoms with van der Waals surface area (Å²) in [7, 11) is -2.25. The van der Waals surface area contributed by atoms with Crippen molar-refractivity contribution in [3.05, 3.63) is 82.8 Å². The topological polar surface area (TPSA) is 110 Å². The smallest absolute Gasteiger partial charge is 0.321 e. The Labute approximate surface area is 203 Å². The molecule has 2 amide bonds. The lowest BCUT2D eigenvalue weighted by Crippen LogP contribution is -2.50. The largest absolute Gasteiger partial charge is 0.497 e. The van der Waals surface area contributed by atoms with Crippen LogP contribution in [0.2, 0.25) is 0 Å². The molecule has 10 heteroatoms. The van der Waals surface area contributed by atoms with Crippen LogP contribution in [-0.2, 0) is 16.6 Å². The Morgan fingerprint density at radius 2 is 1.71 bits per heavy atom. The molecule has 1 fully saturated rings. The predicted molar refractivity (Wildman–Crippen MR) is 132 cm³/mol. The molecular formula is C25H26N4O5S. The average molecular weight is 495 g/mol. The molecule has 1 aromatic heterocycles. The molecule has 35 heavy (non-hydrogen) atoms. The number of nitrogens with zero attached hydrogens (tertiary/aromatic N) is 2. The molecule has 3 heterocycles. The summed E-state index contributed by atoms with van der Waals surface area (Å²) in [5.74, 6) is 0.621. The van der Waals surface area contributed by atoms with E-state index in [9.17, 15) is 18.0 Å². The van der Waals surface area contributed by atoms with E-state index in [1.165, 1.54) is 24.3 Å². The molecule has 0 aliphatic carbocycles. The first-order valence-corrected chi connectivity index (χ1v) is 12.8. The first-order valence-electron chi connectivity index (χ1n) is 11.4. The molecule has 5 rings (SSSR count). The number of carbonyl (C=O) groups excluding carboxylic acids is 1. The van der Waals surface area contributed by atoms with E-state index in [2.05, 4.69) is 10.0 Å². The van der Waals surface area contributed by atoms with Crippen molar-refractivity contribution in [1.29, 1.82) is 0 Å². The van der Waals surface area contributed by atoms with Gasteiger partial charge in [0.25, 0.3) is 15.6 Å². The zero-order chi connectivity index (χ0) is 24.6. The predicted octanol–water partition coefficient (Wildman–Crippen LogP) is 3.31. The van der Waals surface area contributed by atoms with Gasteiger partial charge in [-0.15, -0.1) is 0 Å². The number of piperidine rings is 1. The second kappa shape index (κ2) is 9.10. The van der Waals surface area contributed by atoms with E-state index in [0.29, 0.717) is 42.5 Å². The highest BCUT2D eigenvalue weighted by molar-refractivity contribution is 7.92. The van der Waals surface area contributed by atoms with Crippen LogP contribution < -0.4 is 20.3 Å². The normalized spacial score (nSPS) is 18.9. The fourth-order valence-electron chi connectivity index (χ4n) is 4.95. The SMILES string of the molecule is COc1ccc(NC(=O)N2CC3CC(C2)c2c(NS(=O)(=O)c4ccccc4)ccc(=O)n2C3)cc1. The lowest BCUT2D eigenvalue weighted by atomic mass is 9.82. The maximum Gasteiger partial charge on any atom is 0.321 e. The summed E-state index contributed by atoms with van der Waals surface area (Å²) in [6, 6.07) is 17.9. The Hall–Kier alpha value is -3.79. The number of benzene rings is 2. The van der Waals surface area contributed by atoms with E-state index in [0.717, 1.165) is 6.42 Å². The van der Waals surface area contributed by atoms with Crippen molar-refractivity contribution in [3.63, 3.8) is 0 Å². The van der Waals surface area contributed by atoms with Gasteiger partial charge in [-0.25, -0.2) is 13.2 Å². The fraction of sp³-hybridized carbons (Fsp3) is 0.280. The van der Waals surface area contributed by atoms with Crippen molar-refractivity contribution in [1.82, 2.24) is 9.47 Å². The van der Waals surface area contributed by atoms with Gasteiger partial charge < -0.3 is 19.5 Å². The molecule has 0 spiro atoms. The van der Waals surface area contributed by atoms with E-state index >= 15 is 0 Å². The van der Waals surface area contributed by atoms with Crippen molar-refractivity contribution in [3.8, 4) is 5.75 Å². The number of amides is 2. The summed E-state index contributed by atoms with van der Waals surface area (Å²) >= 11 is 0. The Balaban J connectivity index is 1.40. The number of fused-ring (bicyclic) bond motifs is 4. The van der Waals surface area contributed by atoms with Gasteiger partial charge in [0, 0.05) is 37.3 Å². The zero-order valence-electron chi connectivity index (χ0n) is 19.2. The molecule has 0 radical (unpaired) electrons. The first kappa shape index (κ1) is 23.0. The van der Waals surface area contributed by atoms with Crippen LogP contribution in [0.4, 0.5) is 16.2 Å². The number of nitrogens with one attached hydrogen (secondary N) is 2. The van der Waals surface area contributed by atoms with Crippen molar-refractivity contribution in [2.45, 2.75) is 23.8 Å². The second-order valence-corrected chi connectivity index (χ2v) is 10.5. The number of likely N-dealkylation sites (tertiary alicyclic amines) is 1. The van der Waals surface area contributed by atoms with Gasteiger partial charge in [-0.3, -0.25) is 9.52 Å². The molecule has 2 aliphatic heterocycles. The van der Waals surface area contributed by atoms with Crippen LogP contribution in [-0.4, -0.2) is 44.1 Å². The standard InChI is InChI=1S/C25H26N4O5S/c1-34-20-9-7-19(8-10-20)26-25(31)28-14-17-13-18(16-28)24-22(11-12-23(30)29(24)15-17)27-35(32,33)21-5-3-2-4-6-21/h2-12,17-18,27H,13-16H2,1H3,(H,26,31). The zero-order valence-corrected chi connectivity index (χ0v) is 20.0. The maximum atomic E-state index is 13.0. The third-order valence-corrected chi connectivity index (χ3v) is 7.90. The van der Waals surface area contributed by atoms with E-state index in [-0.39, 0.29) is 28.3 Å².